The van der Waals surface area contributed by atoms with Crippen LogP contribution < -0.4 is 5.32 Å². The van der Waals surface area contributed by atoms with Gasteiger partial charge in [0.2, 0.25) is 0 Å². The number of nitrogens with one attached hydrogen (secondary N) is 1. The van der Waals surface area contributed by atoms with E-state index in [1.54, 1.807) is 0 Å². The van der Waals surface area contributed by atoms with E-state index in [1.165, 1.54) is 0 Å². The van der Waals surface area contributed by atoms with Gasteiger partial charge in [0.25, 0.3) is 0 Å². The number of benzene rings is 1. The quantitative estimate of drug-likeness (QED) is 0.706. The van der Waals surface area contributed by atoms with Crippen molar-refractivity contribution in [2.24, 2.45) is 0 Å². The summed E-state index contributed by atoms with van der Waals surface area (Å²) in [5, 5.41) is 3.03. The van der Waals surface area contributed by atoms with E-state index in [9.17, 15) is 0 Å². The van der Waals surface area contributed by atoms with Gasteiger partial charge in [-0.05, 0) is 12.1 Å². The second-order valence-electron chi connectivity index (χ2n) is 1.62. The van der Waals surface area contributed by atoms with Crippen LogP contribution >= 0.6 is 17.0 Å². The van der Waals surface area contributed by atoms with Gasteiger partial charge in [-0.15, -0.1) is 17.0 Å². The zero-order valence-electron chi connectivity index (χ0n) is 8.00. The minimum atomic E-state index is 0. The Hall–Kier alpha value is 0.266. The topological polar surface area (TPSA) is 12.0 Å². The van der Waals surface area contributed by atoms with Gasteiger partial charge in [0, 0.05) is 12.7 Å². The third kappa shape index (κ3) is 4.14. The first-order chi connectivity index (χ1) is 3.93. The first kappa shape index (κ1) is 12.9. The molecule has 1 nitrogen and oxygen atoms in total. The van der Waals surface area contributed by atoms with Crippen LogP contribution in [0, 0.1) is 0 Å². The number of rotatable bonds is 1. The first-order valence-corrected chi connectivity index (χ1v) is 2.66. The molecule has 0 aromatic heterocycles. The number of hydrogen-bond donors (Lipinski definition) is 1. The fraction of sp³-hybridized carbons (Fsp3) is 0.143. The van der Waals surface area contributed by atoms with Gasteiger partial charge >= 0.3 is 23.1 Å². The van der Waals surface area contributed by atoms with Crippen molar-refractivity contribution in [3.8, 4) is 0 Å². The van der Waals surface area contributed by atoms with Crippen molar-refractivity contribution in [1.29, 1.82) is 0 Å². The molecule has 10 heavy (non-hydrogen) atoms. The predicted molar refractivity (Wildman–Crippen MR) is 54.3 cm³/mol. The van der Waals surface area contributed by atoms with Crippen molar-refractivity contribution >= 4 is 45.7 Å². The van der Waals surface area contributed by atoms with Gasteiger partial charge in [0.1, 0.15) is 0 Å². The summed E-state index contributed by atoms with van der Waals surface area (Å²) in [7, 11) is 1.91. The molecular weight excluding hydrogens is 202 g/mol. The molecule has 0 saturated carbocycles. The Bertz CT molecular complexity index is 163. The Morgan fingerprint density at radius 3 is 2.00 bits per heavy atom. The van der Waals surface area contributed by atoms with Crippen molar-refractivity contribution < 1.29 is 2.85 Å². The first-order valence-electron chi connectivity index (χ1n) is 2.66. The van der Waals surface area contributed by atoms with Crippen LogP contribution in [0.2, 0.25) is 0 Å². The monoisotopic (exact) mass is 213 g/mol. The Morgan fingerprint density at radius 1 is 1.20 bits per heavy atom. The summed E-state index contributed by atoms with van der Waals surface area (Å²) in [6.07, 6.45) is 0. The van der Waals surface area contributed by atoms with Crippen LogP contribution in [-0.2, 0) is 0 Å². The summed E-state index contributed by atoms with van der Waals surface area (Å²) in [5.41, 5.74) is 1.16. The second kappa shape index (κ2) is 7.37. The molecule has 0 radical (unpaired) electrons. The van der Waals surface area contributed by atoms with E-state index in [2.05, 4.69) is 5.32 Å². The largest absolute Gasteiger partial charge is 2.00 e. The maximum absolute atomic E-state index is 3.03. The van der Waals surface area contributed by atoms with Gasteiger partial charge in [-0.25, -0.2) is 0 Å². The minimum absolute atomic E-state index is 0. The maximum atomic E-state index is 3.03. The summed E-state index contributed by atoms with van der Waals surface area (Å²) in [6, 6.07) is 10.1. The molecule has 0 spiro atoms. The Labute approximate surface area is 91.1 Å². The number of halogens is 1. The zero-order chi connectivity index (χ0) is 5.82. The molecule has 0 aliphatic heterocycles. The van der Waals surface area contributed by atoms with E-state index in [0.29, 0.717) is 0 Å². The molecule has 1 N–H and O–H groups in total. The van der Waals surface area contributed by atoms with Crippen LogP contribution in [0.15, 0.2) is 30.3 Å². The van der Waals surface area contributed by atoms with Gasteiger partial charge in [-0.1, -0.05) is 18.2 Å². The van der Waals surface area contributed by atoms with Crippen LogP contribution in [0.5, 0.6) is 0 Å². The van der Waals surface area contributed by atoms with E-state index < -0.39 is 0 Å². The number of anilines is 1. The van der Waals surface area contributed by atoms with Crippen molar-refractivity contribution in [3.05, 3.63) is 30.3 Å². The summed E-state index contributed by atoms with van der Waals surface area (Å²) in [6.45, 7) is 0. The van der Waals surface area contributed by atoms with E-state index in [-0.39, 0.29) is 42.9 Å². The molecule has 0 aliphatic rings. The van der Waals surface area contributed by atoms with Gasteiger partial charge in [0.05, 0.1) is 0 Å². The second-order valence-corrected chi connectivity index (χ2v) is 1.62. The summed E-state index contributed by atoms with van der Waals surface area (Å²) >= 11 is 0. The van der Waals surface area contributed by atoms with E-state index in [1.807, 2.05) is 37.4 Å². The molecule has 1 aromatic carbocycles. The molecule has 0 fully saturated rings. The smallest absolute Gasteiger partial charge is 1.00 e. The Balaban J connectivity index is -0.0000000800. The molecule has 0 bridgehead atoms. The molecule has 0 aliphatic carbocycles. The van der Waals surface area contributed by atoms with Crippen LogP contribution in [0.4, 0.5) is 5.69 Å². The van der Waals surface area contributed by atoms with Gasteiger partial charge < -0.3 is 8.17 Å². The van der Waals surface area contributed by atoms with Crippen LogP contribution in [0.25, 0.3) is 0 Å². The SMILES string of the molecule is Br.CNc1ccccc1.[H-].[H-].[Mg+2]. The molecule has 54 valence electrons. The van der Waals surface area contributed by atoms with Gasteiger partial charge in [0.15, 0.2) is 0 Å². The molecular formula is C7H12BrMgN. The Morgan fingerprint density at radius 2 is 1.70 bits per heavy atom. The minimum Gasteiger partial charge on any atom is -1.00 e. The normalized spacial score (nSPS) is 6.90. The third-order valence-corrected chi connectivity index (χ3v) is 1.06. The zero-order valence-corrected chi connectivity index (χ0v) is 9.13. The fourth-order valence-corrected chi connectivity index (χ4v) is 0.605. The molecule has 1 rings (SSSR count). The molecule has 0 heterocycles. The van der Waals surface area contributed by atoms with Crippen molar-refractivity contribution in [1.82, 2.24) is 0 Å². The summed E-state index contributed by atoms with van der Waals surface area (Å²) < 4.78 is 0. The average molecular weight is 214 g/mol. The van der Waals surface area contributed by atoms with Crippen molar-refractivity contribution in [3.63, 3.8) is 0 Å². The van der Waals surface area contributed by atoms with Crippen molar-refractivity contribution in [2.45, 2.75) is 0 Å². The predicted octanol–water partition coefficient (Wildman–Crippen LogP) is 2.15. The van der Waals surface area contributed by atoms with Crippen molar-refractivity contribution in [2.75, 3.05) is 12.4 Å². The summed E-state index contributed by atoms with van der Waals surface area (Å²) in [5.74, 6) is 0. The molecule has 3 heteroatoms. The third-order valence-electron chi connectivity index (χ3n) is 1.06. The van der Waals surface area contributed by atoms with E-state index in [4.69, 9.17) is 0 Å². The number of para-hydroxylation sites is 1. The van der Waals surface area contributed by atoms with Gasteiger partial charge in [-0.3, -0.25) is 0 Å². The maximum Gasteiger partial charge on any atom is 2.00 e. The number of hydrogen-bond acceptors (Lipinski definition) is 1. The van der Waals surface area contributed by atoms with Crippen LogP contribution in [0.3, 0.4) is 0 Å². The van der Waals surface area contributed by atoms with E-state index in [0.717, 1.165) is 5.69 Å². The van der Waals surface area contributed by atoms with Crippen LogP contribution in [-0.4, -0.2) is 30.1 Å². The molecule has 0 saturated heterocycles. The molecule has 1 aromatic rings. The van der Waals surface area contributed by atoms with Crippen LogP contribution in [0.1, 0.15) is 2.85 Å². The Kier molecular flexibility index (Phi) is 9.51. The molecule has 0 unspecified atom stereocenters. The van der Waals surface area contributed by atoms with E-state index >= 15 is 0 Å². The standard InChI is InChI=1S/C7H9N.BrH.Mg.2H/c1-8-7-5-3-2-4-6-7;;;;/h2-6,8H,1H3;1H;;;/q;;+2;2*-1. The molecule has 0 amide bonds. The summed E-state index contributed by atoms with van der Waals surface area (Å²) in [4.78, 5) is 0. The molecule has 0 atom stereocenters. The average Bonchev–Trinajstić information content (AvgIpc) is 1.90. The fourth-order valence-electron chi connectivity index (χ4n) is 0.605. The van der Waals surface area contributed by atoms with Gasteiger partial charge in [-0.2, -0.15) is 0 Å².